The Kier molecular flexibility index (Phi) is 4.17. The third kappa shape index (κ3) is 3.15. The number of ether oxygens (including phenoxy) is 1. The molecule has 6 nitrogen and oxygen atoms in total. The summed E-state index contributed by atoms with van der Waals surface area (Å²) in [4.78, 5) is 12.1. The Balaban J connectivity index is 1.70. The molecular weight excluding hydrogens is 300 g/mol. The van der Waals surface area contributed by atoms with Crippen LogP contribution in [0.4, 0.5) is 5.13 Å². The number of benzene rings is 1. The summed E-state index contributed by atoms with van der Waals surface area (Å²) in [7, 11) is 1.60. The standard InChI is InChI=1S/C15H16N4O2S/c1-10-3-4-12-11(7-10)5-6-19(12)8-13(20)16-15-18-17-14(22-15)9-21-2/h3-7H,8-9H2,1-2H3,(H,16,18,20). The molecule has 114 valence electrons. The summed E-state index contributed by atoms with van der Waals surface area (Å²) in [5.41, 5.74) is 2.24. The summed E-state index contributed by atoms with van der Waals surface area (Å²) < 4.78 is 6.90. The van der Waals surface area contributed by atoms with Crippen LogP contribution in [0.5, 0.6) is 0 Å². The molecule has 0 atom stereocenters. The van der Waals surface area contributed by atoms with E-state index in [1.165, 1.54) is 16.9 Å². The van der Waals surface area contributed by atoms with E-state index < -0.39 is 0 Å². The van der Waals surface area contributed by atoms with E-state index in [-0.39, 0.29) is 12.5 Å². The van der Waals surface area contributed by atoms with Crippen LogP contribution in [0.25, 0.3) is 10.9 Å². The lowest BCUT2D eigenvalue weighted by molar-refractivity contribution is -0.116. The van der Waals surface area contributed by atoms with Gasteiger partial charge in [-0.25, -0.2) is 0 Å². The Hall–Kier alpha value is -2.25. The van der Waals surface area contributed by atoms with Crippen molar-refractivity contribution >= 4 is 33.3 Å². The van der Waals surface area contributed by atoms with Crippen molar-refractivity contribution in [3.63, 3.8) is 0 Å². The van der Waals surface area contributed by atoms with Gasteiger partial charge in [0.15, 0.2) is 0 Å². The van der Waals surface area contributed by atoms with Gasteiger partial charge in [0, 0.05) is 18.8 Å². The normalized spacial score (nSPS) is 11.0. The van der Waals surface area contributed by atoms with Crippen LogP contribution in [0, 0.1) is 6.92 Å². The molecule has 22 heavy (non-hydrogen) atoms. The lowest BCUT2D eigenvalue weighted by Crippen LogP contribution is -2.18. The number of carbonyl (C=O) groups excluding carboxylic acids is 1. The number of methoxy groups -OCH3 is 1. The fourth-order valence-corrected chi connectivity index (χ4v) is 2.99. The zero-order chi connectivity index (χ0) is 15.5. The zero-order valence-electron chi connectivity index (χ0n) is 12.4. The first-order valence-electron chi connectivity index (χ1n) is 6.82. The van der Waals surface area contributed by atoms with Crippen LogP contribution in [-0.4, -0.2) is 27.8 Å². The van der Waals surface area contributed by atoms with E-state index in [2.05, 4.69) is 28.5 Å². The summed E-state index contributed by atoms with van der Waals surface area (Å²) in [5, 5.41) is 13.0. The fraction of sp³-hybridized carbons (Fsp3) is 0.267. The SMILES string of the molecule is COCc1nnc(NC(=O)Cn2ccc3cc(C)ccc32)s1. The third-order valence-electron chi connectivity index (χ3n) is 3.22. The Labute approximate surface area is 131 Å². The molecule has 0 unspecified atom stereocenters. The van der Waals surface area contributed by atoms with Crippen LogP contribution in [-0.2, 0) is 22.7 Å². The summed E-state index contributed by atoms with van der Waals surface area (Å²) in [5.74, 6) is -0.127. The average molecular weight is 316 g/mol. The number of hydrogen-bond acceptors (Lipinski definition) is 5. The van der Waals surface area contributed by atoms with Crippen LogP contribution in [0.2, 0.25) is 0 Å². The van der Waals surface area contributed by atoms with Crippen molar-refractivity contribution in [1.82, 2.24) is 14.8 Å². The maximum atomic E-state index is 12.1. The molecule has 0 aliphatic rings. The number of anilines is 1. The summed E-state index contributed by atoms with van der Waals surface area (Å²) in [6.45, 7) is 2.69. The van der Waals surface area contributed by atoms with Crippen molar-refractivity contribution in [2.24, 2.45) is 0 Å². The zero-order valence-corrected chi connectivity index (χ0v) is 13.2. The number of aromatic nitrogens is 3. The Bertz CT molecular complexity index is 809. The van der Waals surface area contributed by atoms with Gasteiger partial charge in [0.05, 0.1) is 0 Å². The van der Waals surface area contributed by atoms with Crippen molar-refractivity contribution in [3.05, 3.63) is 41.0 Å². The number of fused-ring (bicyclic) bond motifs is 1. The highest BCUT2D eigenvalue weighted by atomic mass is 32.1. The molecule has 0 saturated carbocycles. The minimum atomic E-state index is -0.127. The quantitative estimate of drug-likeness (QED) is 0.785. The lowest BCUT2D eigenvalue weighted by Gasteiger charge is -2.05. The monoisotopic (exact) mass is 316 g/mol. The van der Waals surface area contributed by atoms with Gasteiger partial charge in [0.1, 0.15) is 18.2 Å². The van der Waals surface area contributed by atoms with Crippen LogP contribution < -0.4 is 5.32 Å². The van der Waals surface area contributed by atoms with Gasteiger partial charge in [0.25, 0.3) is 0 Å². The number of hydrogen-bond donors (Lipinski definition) is 1. The van der Waals surface area contributed by atoms with Crippen LogP contribution in [0.1, 0.15) is 10.6 Å². The summed E-state index contributed by atoms with van der Waals surface area (Å²) in [6.07, 6.45) is 1.92. The van der Waals surface area contributed by atoms with E-state index in [0.717, 1.165) is 15.9 Å². The molecule has 0 fully saturated rings. The van der Waals surface area contributed by atoms with E-state index in [4.69, 9.17) is 4.74 Å². The van der Waals surface area contributed by atoms with E-state index in [1.807, 2.05) is 29.0 Å². The number of nitrogens with one attached hydrogen (secondary N) is 1. The largest absolute Gasteiger partial charge is 0.377 e. The van der Waals surface area contributed by atoms with E-state index in [1.54, 1.807) is 7.11 Å². The Morgan fingerprint density at radius 3 is 3.05 bits per heavy atom. The van der Waals surface area contributed by atoms with Crippen molar-refractivity contribution in [3.8, 4) is 0 Å². The number of nitrogens with zero attached hydrogens (tertiary/aromatic N) is 3. The topological polar surface area (TPSA) is 69.0 Å². The highest BCUT2D eigenvalue weighted by molar-refractivity contribution is 7.15. The van der Waals surface area contributed by atoms with Gasteiger partial charge < -0.3 is 9.30 Å². The number of rotatable bonds is 5. The molecule has 1 amide bonds. The number of aryl methyl sites for hydroxylation is 1. The Morgan fingerprint density at radius 2 is 2.23 bits per heavy atom. The second kappa shape index (κ2) is 6.25. The molecule has 1 aromatic carbocycles. The minimum Gasteiger partial charge on any atom is -0.377 e. The van der Waals surface area contributed by atoms with Crippen LogP contribution >= 0.6 is 11.3 Å². The average Bonchev–Trinajstić information content (AvgIpc) is 3.07. The van der Waals surface area contributed by atoms with Crippen molar-refractivity contribution in [2.75, 3.05) is 12.4 Å². The predicted octanol–water partition coefficient (Wildman–Crippen LogP) is 2.59. The second-order valence-electron chi connectivity index (χ2n) is 4.99. The molecule has 0 spiro atoms. The van der Waals surface area contributed by atoms with Gasteiger partial charge in [-0.15, -0.1) is 10.2 Å². The number of carbonyl (C=O) groups is 1. The second-order valence-corrected chi connectivity index (χ2v) is 6.05. The molecule has 0 aliphatic heterocycles. The molecule has 0 saturated heterocycles. The smallest absolute Gasteiger partial charge is 0.246 e. The van der Waals surface area contributed by atoms with Gasteiger partial charge in [-0.3, -0.25) is 10.1 Å². The van der Waals surface area contributed by atoms with Gasteiger partial charge >= 0.3 is 0 Å². The fourth-order valence-electron chi connectivity index (χ4n) is 2.26. The molecule has 2 aromatic heterocycles. The molecule has 1 N–H and O–H groups in total. The molecule has 0 bridgehead atoms. The van der Waals surface area contributed by atoms with E-state index >= 15 is 0 Å². The van der Waals surface area contributed by atoms with Gasteiger partial charge in [-0.1, -0.05) is 23.0 Å². The van der Waals surface area contributed by atoms with Crippen molar-refractivity contribution in [2.45, 2.75) is 20.1 Å². The van der Waals surface area contributed by atoms with E-state index in [9.17, 15) is 4.79 Å². The first-order valence-corrected chi connectivity index (χ1v) is 7.64. The third-order valence-corrected chi connectivity index (χ3v) is 4.03. The summed E-state index contributed by atoms with van der Waals surface area (Å²) in [6, 6.07) is 8.18. The highest BCUT2D eigenvalue weighted by Gasteiger charge is 2.10. The minimum absolute atomic E-state index is 0.127. The molecule has 0 aliphatic carbocycles. The molecule has 3 aromatic rings. The first kappa shape index (κ1) is 14.7. The maximum Gasteiger partial charge on any atom is 0.246 e. The first-order chi connectivity index (χ1) is 10.7. The van der Waals surface area contributed by atoms with Gasteiger partial charge in [-0.2, -0.15) is 0 Å². The van der Waals surface area contributed by atoms with Crippen LogP contribution in [0.3, 0.4) is 0 Å². The maximum absolute atomic E-state index is 12.1. The molecule has 2 heterocycles. The van der Waals surface area contributed by atoms with E-state index in [0.29, 0.717) is 11.7 Å². The lowest BCUT2D eigenvalue weighted by atomic mass is 10.2. The number of amides is 1. The Morgan fingerprint density at radius 1 is 1.36 bits per heavy atom. The van der Waals surface area contributed by atoms with Gasteiger partial charge in [0.2, 0.25) is 11.0 Å². The predicted molar refractivity (Wildman–Crippen MR) is 85.9 cm³/mol. The van der Waals surface area contributed by atoms with Crippen LogP contribution in [0.15, 0.2) is 30.5 Å². The van der Waals surface area contributed by atoms with Crippen molar-refractivity contribution in [1.29, 1.82) is 0 Å². The molecule has 0 radical (unpaired) electrons. The molecule has 7 heteroatoms. The molecule has 3 rings (SSSR count). The van der Waals surface area contributed by atoms with Gasteiger partial charge in [-0.05, 0) is 30.5 Å². The van der Waals surface area contributed by atoms with Crippen molar-refractivity contribution < 1.29 is 9.53 Å². The highest BCUT2D eigenvalue weighted by Crippen LogP contribution is 2.18. The summed E-state index contributed by atoms with van der Waals surface area (Å²) >= 11 is 1.32. The molecular formula is C15H16N4O2S.